The van der Waals surface area contributed by atoms with Gasteiger partial charge in [0.2, 0.25) is 0 Å². The highest BCUT2D eigenvalue weighted by atomic mass is 16.5. The molecule has 0 fully saturated rings. The Labute approximate surface area is 76.0 Å². The van der Waals surface area contributed by atoms with E-state index >= 15 is 0 Å². The summed E-state index contributed by atoms with van der Waals surface area (Å²) in [4.78, 5) is 0. The van der Waals surface area contributed by atoms with Gasteiger partial charge in [-0.15, -0.1) is 0 Å². The number of aliphatic hydroxyl groups is 4. The van der Waals surface area contributed by atoms with Gasteiger partial charge in [-0.3, -0.25) is 5.32 Å². The minimum absolute atomic E-state index is 0.0508. The van der Waals surface area contributed by atoms with Crippen molar-refractivity contribution >= 4 is 0 Å². The van der Waals surface area contributed by atoms with Crippen molar-refractivity contribution in [2.45, 2.75) is 31.2 Å². The molecule has 7 heteroatoms. The van der Waals surface area contributed by atoms with Crippen molar-refractivity contribution in [3.05, 3.63) is 0 Å². The van der Waals surface area contributed by atoms with Crippen LogP contribution in [0.15, 0.2) is 0 Å². The molecule has 0 aromatic heterocycles. The van der Waals surface area contributed by atoms with Gasteiger partial charge >= 0.3 is 0 Å². The molecular formula is C6H17N3O4. The first kappa shape index (κ1) is 12.7. The Bertz CT molecular complexity index is 133. The van der Waals surface area contributed by atoms with Crippen LogP contribution >= 0.6 is 0 Å². The Hall–Kier alpha value is -0.280. The van der Waals surface area contributed by atoms with Crippen molar-refractivity contribution in [3.63, 3.8) is 0 Å². The van der Waals surface area contributed by atoms with Crippen molar-refractivity contribution in [1.82, 2.24) is 5.32 Å². The zero-order valence-electron chi connectivity index (χ0n) is 7.17. The summed E-state index contributed by atoms with van der Waals surface area (Å²) < 4.78 is 0. The van der Waals surface area contributed by atoms with Gasteiger partial charge in [0.15, 0.2) is 6.29 Å². The number of aliphatic hydroxyl groups excluding tert-OH is 3. The molecule has 80 valence electrons. The van der Waals surface area contributed by atoms with E-state index in [4.69, 9.17) is 31.9 Å². The number of nitrogens with two attached hydrogens (primary N) is 2. The lowest BCUT2D eigenvalue weighted by Gasteiger charge is -2.24. The van der Waals surface area contributed by atoms with Crippen LogP contribution < -0.4 is 16.8 Å². The van der Waals surface area contributed by atoms with Gasteiger partial charge in [-0.1, -0.05) is 0 Å². The van der Waals surface area contributed by atoms with Crippen LogP contribution in [0.2, 0.25) is 0 Å². The molecule has 0 aliphatic rings. The standard InChI is InChI=1S/C6H17N3O4/c7-2-4(10)9-3(6(8)13)1-5(11)12/h3-6,9-13H,1-2,7-8H2. The highest BCUT2D eigenvalue weighted by Crippen LogP contribution is 1.99. The predicted molar refractivity (Wildman–Crippen MR) is 45.0 cm³/mol. The molecule has 0 bridgehead atoms. The highest BCUT2D eigenvalue weighted by molar-refractivity contribution is 4.73. The fourth-order valence-electron chi connectivity index (χ4n) is 0.848. The zero-order chi connectivity index (χ0) is 10.4. The molecule has 0 aromatic rings. The topological polar surface area (TPSA) is 145 Å². The molecule has 7 nitrogen and oxygen atoms in total. The second-order valence-corrected chi connectivity index (χ2v) is 2.73. The van der Waals surface area contributed by atoms with Gasteiger partial charge in [0.1, 0.15) is 12.5 Å². The van der Waals surface area contributed by atoms with Crippen molar-refractivity contribution < 1.29 is 20.4 Å². The smallest absolute Gasteiger partial charge is 0.153 e. The quantitative estimate of drug-likeness (QED) is 0.215. The molecule has 0 rings (SSSR count). The normalized spacial score (nSPS) is 18.7. The lowest BCUT2D eigenvalue weighted by atomic mass is 10.1. The monoisotopic (exact) mass is 195 g/mol. The lowest BCUT2D eigenvalue weighted by Crippen LogP contribution is -2.52. The van der Waals surface area contributed by atoms with Gasteiger partial charge in [-0.2, -0.15) is 0 Å². The Balaban J connectivity index is 3.94. The molecule has 3 atom stereocenters. The van der Waals surface area contributed by atoms with Crippen molar-refractivity contribution in [2.75, 3.05) is 6.54 Å². The molecule has 0 heterocycles. The molecule has 3 unspecified atom stereocenters. The van der Waals surface area contributed by atoms with Gasteiger partial charge in [-0.05, 0) is 0 Å². The summed E-state index contributed by atoms with van der Waals surface area (Å²) in [6.07, 6.45) is -4.10. The number of hydrogen-bond acceptors (Lipinski definition) is 7. The van der Waals surface area contributed by atoms with E-state index in [-0.39, 0.29) is 13.0 Å². The molecule has 0 spiro atoms. The molecule has 0 amide bonds. The molecule has 9 N–H and O–H groups in total. The molecular weight excluding hydrogens is 178 g/mol. The van der Waals surface area contributed by atoms with Crippen molar-refractivity contribution in [2.24, 2.45) is 11.5 Å². The number of hydrogen-bond donors (Lipinski definition) is 7. The van der Waals surface area contributed by atoms with Crippen LogP contribution in [0.25, 0.3) is 0 Å². The summed E-state index contributed by atoms with van der Waals surface area (Å²) in [6.45, 7) is -0.0508. The molecule has 0 aromatic carbocycles. The first-order valence-electron chi connectivity index (χ1n) is 3.91. The van der Waals surface area contributed by atoms with Crippen LogP contribution in [0.1, 0.15) is 6.42 Å². The maximum absolute atomic E-state index is 9.02. The maximum Gasteiger partial charge on any atom is 0.153 e. The summed E-state index contributed by atoms with van der Waals surface area (Å²) in [7, 11) is 0. The van der Waals surface area contributed by atoms with Crippen LogP contribution in [0.4, 0.5) is 0 Å². The SMILES string of the molecule is NCC(O)NC(CC(O)O)C(N)O. The Morgan fingerprint density at radius 3 is 2.00 bits per heavy atom. The van der Waals surface area contributed by atoms with Crippen molar-refractivity contribution in [1.29, 1.82) is 0 Å². The first-order chi connectivity index (χ1) is 5.97. The second-order valence-electron chi connectivity index (χ2n) is 2.73. The molecule has 0 aliphatic carbocycles. The van der Waals surface area contributed by atoms with E-state index in [1.54, 1.807) is 0 Å². The van der Waals surface area contributed by atoms with Gasteiger partial charge < -0.3 is 31.9 Å². The van der Waals surface area contributed by atoms with Crippen LogP contribution in [0, 0.1) is 0 Å². The second kappa shape index (κ2) is 6.22. The zero-order valence-corrected chi connectivity index (χ0v) is 7.17. The summed E-state index contributed by atoms with van der Waals surface area (Å²) in [6, 6.07) is -0.807. The van der Waals surface area contributed by atoms with Gasteiger partial charge in [-0.25, -0.2) is 0 Å². The minimum Gasteiger partial charge on any atom is -0.377 e. The average molecular weight is 195 g/mol. The minimum atomic E-state index is -1.60. The third-order valence-corrected chi connectivity index (χ3v) is 1.51. The van der Waals surface area contributed by atoms with E-state index in [1.165, 1.54) is 0 Å². The lowest BCUT2D eigenvalue weighted by molar-refractivity contribution is -0.0663. The van der Waals surface area contributed by atoms with Gasteiger partial charge in [0.25, 0.3) is 0 Å². The van der Waals surface area contributed by atoms with E-state index in [1.807, 2.05) is 0 Å². The molecule has 13 heavy (non-hydrogen) atoms. The molecule has 0 radical (unpaired) electrons. The largest absolute Gasteiger partial charge is 0.377 e. The van der Waals surface area contributed by atoms with Gasteiger partial charge in [0, 0.05) is 13.0 Å². The summed E-state index contributed by atoms with van der Waals surface area (Å²) in [5.74, 6) is 0. The Kier molecular flexibility index (Phi) is 6.08. The van der Waals surface area contributed by atoms with Crippen LogP contribution in [0.3, 0.4) is 0 Å². The summed E-state index contributed by atoms with van der Waals surface area (Å²) in [5, 5.41) is 37.6. The number of rotatable bonds is 6. The fraction of sp³-hybridized carbons (Fsp3) is 1.00. The van der Waals surface area contributed by atoms with E-state index in [0.29, 0.717) is 0 Å². The third-order valence-electron chi connectivity index (χ3n) is 1.51. The highest BCUT2D eigenvalue weighted by Gasteiger charge is 2.20. The fourth-order valence-corrected chi connectivity index (χ4v) is 0.848. The first-order valence-corrected chi connectivity index (χ1v) is 3.91. The van der Waals surface area contributed by atoms with Crippen LogP contribution in [-0.2, 0) is 0 Å². The van der Waals surface area contributed by atoms with E-state index in [2.05, 4.69) is 5.32 Å². The third kappa shape index (κ3) is 5.88. The Morgan fingerprint density at radius 2 is 1.69 bits per heavy atom. The maximum atomic E-state index is 9.02. The molecule has 0 saturated heterocycles. The average Bonchev–Trinajstić information content (AvgIpc) is 2.02. The van der Waals surface area contributed by atoms with Crippen LogP contribution in [-0.4, -0.2) is 51.8 Å². The van der Waals surface area contributed by atoms with E-state index in [9.17, 15) is 0 Å². The Morgan fingerprint density at radius 1 is 1.15 bits per heavy atom. The van der Waals surface area contributed by atoms with E-state index in [0.717, 1.165) is 0 Å². The number of nitrogens with one attached hydrogen (secondary N) is 1. The summed E-state index contributed by atoms with van der Waals surface area (Å²) >= 11 is 0. The van der Waals surface area contributed by atoms with E-state index < -0.39 is 24.8 Å². The van der Waals surface area contributed by atoms with Gasteiger partial charge in [0.05, 0.1) is 6.04 Å². The van der Waals surface area contributed by atoms with Crippen molar-refractivity contribution in [3.8, 4) is 0 Å². The summed E-state index contributed by atoms with van der Waals surface area (Å²) in [5.41, 5.74) is 10.2. The molecule has 0 aliphatic heterocycles. The molecule has 0 saturated carbocycles. The van der Waals surface area contributed by atoms with Crippen LogP contribution in [0.5, 0.6) is 0 Å². The predicted octanol–water partition coefficient (Wildman–Crippen LogP) is -3.80.